The third-order valence-electron chi connectivity index (χ3n) is 10.4. The van der Waals surface area contributed by atoms with Gasteiger partial charge in [-0.25, -0.2) is 0 Å². The summed E-state index contributed by atoms with van der Waals surface area (Å²) >= 11 is 0. The van der Waals surface area contributed by atoms with Crippen molar-refractivity contribution in [3.8, 4) is 0 Å². The van der Waals surface area contributed by atoms with Crippen LogP contribution in [0, 0.1) is 31.1 Å². The van der Waals surface area contributed by atoms with E-state index in [1.165, 1.54) is 24.1 Å². The topological polar surface area (TPSA) is 64.9 Å². The van der Waals surface area contributed by atoms with Crippen molar-refractivity contribution in [2.75, 3.05) is 51.2 Å². The maximum atomic E-state index is 12.9. The first-order chi connectivity index (χ1) is 17.1. The minimum absolute atomic E-state index is 0.0320. The average Bonchev–Trinajstić information content (AvgIpc) is 3.22. The van der Waals surface area contributed by atoms with Crippen LogP contribution in [0.1, 0.15) is 69.7 Å². The fourth-order valence-corrected chi connectivity index (χ4v) is 8.44. The summed E-state index contributed by atoms with van der Waals surface area (Å²) in [5.41, 5.74) is 2.98. The third kappa shape index (κ3) is 3.77. The third-order valence-corrected chi connectivity index (χ3v) is 10.4. The van der Waals surface area contributed by atoms with Gasteiger partial charge in [-0.05, 0) is 78.7 Å². The fraction of sp³-hybridized carbons (Fsp3) is 0.821. The molecule has 5 aliphatic rings. The molecule has 2 unspecified atom stereocenters. The number of anilines is 1. The van der Waals surface area contributed by atoms with E-state index in [1.54, 1.807) is 0 Å². The molecule has 8 heteroatoms. The van der Waals surface area contributed by atoms with Crippen molar-refractivity contribution in [1.29, 1.82) is 0 Å². The van der Waals surface area contributed by atoms with Crippen LogP contribution in [0.15, 0.2) is 0 Å². The predicted octanol–water partition coefficient (Wildman–Crippen LogP) is 2.84. The van der Waals surface area contributed by atoms with E-state index in [-0.39, 0.29) is 11.6 Å². The van der Waals surface area contributed by atoms with Crippen LogP contribution in [-0.4, -0.2) is 94.7 Å². The molecule has 1 aromatic rings. The van der Waals surface area contributed by atoms with Gasteiger partial charge in [0.05, 0.1) is 12.1 Å². The lowest BCUT2D eigenvalue weighted by molar-refractivity contribution is -0.140. The molecule has 5 heterocycles. The highest BCUT2D eigenvalue weighted by atomic mass is 16.2. The summed E-state index contributed by atoms with van der Waals surface area (Å²) in [6.07, 6.45) is 7.95. The molecule has 1 spiro atoms. The van der Waals surface area contributed by atoms with Gasteiger partial charge in [-0.3, -0.25) is 19.2 Å². The van der Waals surface area contributed by atoms with E-state index < -0.39 is 0 Å². The molecule has 4 saturated heterocycles. The summed E-state index contributed by atoms with van der Waals surface area (Å²) in [5, 5.41) is 5.22. The lowest BCUT2D eigenvalue weighted by atomic mass is 9.61. The minimum atomic E-state index is 0.0320. The Morgan fingerprint density at radius 3 is 2.53 bits per heavy atom. The van der Waals surface area contributed by atoms with Crippen molar-refractivity contribution in [1.82, 2.24) is 24.5 Å². The van der Waals surface area contributed by atoms with Gasteiger partial charge in [0, 0.05) is 67.9 Å². The SMILES string of the molecule is Cc1c(N2CC[C@@H](CN3CCCC4CN(C)C(=O)C43)CC2(C)C)nn(C2CC3(C2)CN(C=O)C3)c1C. The molecular formula is C28H44N6O2. The van der Waals surface area contributed by atoms with E-state index in [1.807, 2.05) is 16.8 Å². The molecule has 0 radical (unpaired) electrons. The zero-order chi connectivity index (χ0) is 25.4. The maximum absolute atomic E-state index is 12.9. The van der Waals surface area contributed by atoms with E-state index in [9.17, 15) is 9.59 Å². The molecule has 5 fully saturated rings. The van der Waals surface area contributed by atoms with Crippen molar-refractivity contribution in [3.63, 3.8) is 0 Å². The van der Waals surface area contributed by atoms with Crippen LogP contribution in [0.2, 0.25) is 0 Å². The van der Waals surface area contributed by atoms with Crippen LogP contribution in [-0.2, 0) is 9.59 Å². The number of likely N-dealkylation sites (N-methyl/N-ethyl adjacent to an activating group) is 1. The number of hydrogen-bond donors (Lipinski definition) is 0. The van der Waals surface area contributed by atoms with Gasteiger partial charge in [-0.2, -0.15) is 5.10 Å². The number of aromatic nitrogens is 2. The number of hydrogen-bond acceptors (Lipinski definition) is 5. The molecule has 8 nitrogen and oxygen atoms in total. The van der Waals surface area contributed by atoms with E-state index in [2.05, 4.69) is 42.2 Å². The molecule has 1 aliphatic carbocycles. The van der Waals surface area contributed by atoms with Crippen LogP contribution in [0.25, 0.3) is 0 Å². The highest BCUT2D eigenvalue weighted by molar-refractivity contribution is 5.84. The lowest BCUT2D eigenvalue weighted by Crippen LogP contribution is -2.61. The van der Waals surface area contributed by atoms with E-state index in [0.717, 1.165) is 77.2 Å². The summed E-state index contributed by atoms with van der Waals surface area (Å²) in [7, 11) is 1.97. The molecule has 198 valence electrons. The second kappa shape index (κ2) is 8.47. The summed E-state index contributed by atoms with van der Waals surface area (Å²) in [5.74, 6) is 2.63. The first-order valence-corrected chi connectivity index (χ1v) is 14.1. The normalized spacial score (nSPS) is 32.0. The zero-order valence-electron chi connectivity index (χ0n) is 22.9. The van der Waals surface area contributed by atoms with E-state index in [4.69, 9.17) is 5.10 Å². The Hall–Kier alpha value is -2.09. The van der Waals surface area contributed by atoms with Crippen LogP contribution in [0.4, 0.5) is 5.82 Å². The Balaban J connectivity index is 1.12. The summed E-state index contributed by atoms with van der Waals surface area (Å²) in [6.45, 7) is 15.1. The number of carbonyl (C=O) groups excluding carboxylic acids is 2. The number of amides is 2. The Bertz CT molecular complexity index is 1040. The van der Waals surface area contributed by atoms with Crippen molar-refractivity contribution < 1.29 is 9.59 Å². The van der Waals surface area contributed by atoms with E-state index >= 15 is 0 Å². The van der Waals surface area contributed by atoms with Crippen molar-refractivity contribution in [3.05, 3.63) is 11.3 Å². The highest BCUT2D eigenvalue weighted by Gasteiger charge is 2.53. The van der Waals surface area contributed by atoms with Crippen molar-refractivity contribution in [2.45, 2.75) is 83.8 Å². The molecule has 6 rings (SSSR count). The van der Waals surface area contributed by atoms with Crippen molar-refractivity contribution in [2.24, 2.45) is 17.3 Å². The summed E-state index contributed by atoms with van der Waals surface area (Å²) in [6, 6.07) is 0.576. The van der Waals surface area contributed by atoms with Gasteiger partial charge in [0.1, 0.15) is 0 Å². The molecule has 36 heavy (non-hydrogen) atoms. The second-order valence-corrected chi connectivity index (χ2v) is 13.4. The Kier molecular flexibility index (Phi) is 5.71. The number of piperidine rings is 2. The van der Waals surface area contributed by atoms with Crippen LogP contribution in [0.5, 0.6) is 0 Å². The van der Waals surface area contributed by atoms with Gasteiger partial charge in [0.2, 0.25) is 12.3 Å². The van der Waals surface area contributed by atoms with Crippen LogP contribution >= 0.6 is 0 Å². The van der Waals surface area contributed by atoms with Gasteiger partial charge in [-0.15, -0.1) is 0 Å². The summed E-state index contributed by atoms with van der Waals surface area (Å²) < 4.78 is 2.29. The molecule has 1 saturated carbocycles. The smallest absolute Gasteiger partial charge is 0.240 e. The molecule has 0 aromatic carbocycles. The monoisotopic (exact) mass is 496 g/mol. The fourth-order valence-electron chi connectivity index (χ4n) is 8.44. The molecule has 1 aromatic heterocycles. The average molecular weight is 497 g/mol. The zero-order valence-corrected chi connectivity index (χ0v) is 22.9. The summed E-state index contributed by atoms with van der Waals surface area (Å²) in [4.78, 5) is 32.8. The quantitative estimate of drug-likeness (QED) is 0.587. The first-order valence-electron chi connectivity index (χ1n) is 14.1. The Morgan fingerprint density at radius 1 is 1.08 bits per heavy atom. The van der Waals surface area contributed by atoms with Gasteiger partial charge in [0.15, 0.2) is 5.82 Å². The molecular weight excluding hydrogens is 452 g/mol. The van der Waals surface area contributed by atoms with Crippen LogP contribution < -0.4 is 4.90 Å². The maximum Gasteiger partial charge on any atom is 0.240 e. The number of carbonyl (C=O) groups is 2. The Morgan fingerprint density at radius 2 is 1.83 bits per heavy atom. The van der Waals surface area contributed by atoms with Gasteiger partial charge >= 0.3 is 0 Å². The Labute approximate surface area is 215 Å². The molecule has 4 aliphatic heterocycles. The van der Waals surface area contributed by atoms with Gasteiger partial charge < -0.3 is 14.7 Å². The number of nitrogens with zero attached hydrogens (tertiary/aromatic N) is 6. The highest BCUT2D eigenvalue weighted by Crippen LogP contribution is 2.54. The van der Waals surface area contributed by atoms with Gasteiger partial charge in [0.25, 0.3) is 0 Å². The van der Waals surface area contributed by atoms with E-state index in [0.29, 0.717) is 29.2 Å². The van der Waals surface area contributed by atoms with Crippen molar-refractivity contribution >= 4 is 18.1 Å². The standard InChI is InChI=1S/C28H44N6O2/c1-19-20(2)34(23-12-28(13-23)16-31(17-28)18-35)29-25(19)33-10-8-21(11-27(33,3)4)14-32-9-6-7-22-15-30(5)26(36)24(22)32/h18,21-24H,6-17H2,1-5H3/t21-,22?,24?/m1/s1. The molecule has 3 atom stereocenters. The number of rotatable bonds is 5. The first kappa shape index (κ1) is 24.3. The lowest BCUT2D eigenvalue weighted by Gasteiger charge is -2.58. The van der Waals surface area contributed by atoms with Crippen LogP contribution in [0.3, 0.4) is 0 Å². The van der Waals surface area contributed by atoms with Gasteiger partial charge in [-0.1, -0.05) is 0 Å². The molecule has 2 amide bonds. The minimum Gasteiger partial charge on any atom is -0.350 e. The molecule has 0 bridgehead atoms. The predicted molar refractivity (Wildman–Crippen MR) is 140 cm³/mol. The largest absolute Gasteiger partial charge is 0.350 e. The number of likely N-dealkylation sites (tertiary alicyclic amines) is 3. The molecule has 0 N–H and O–H groups in total. The number of fused-ring (bicyclic) bond motifs is 1. The second-order valence-electron chi connectivity index (χ2n) is 13.4.